The molecule has 1 aromatic rings. The molecular weight excluding hydrogens is 292 g/mol. The van der Waals surface area contributed by atoms with Crippen molar-refractivity contribution in [3.8, 4) is 0 Å². The molecule has 23 heavy (non-hydrogen) atoms. The minimum atomic E-state index is -0.208. The van der Waals surface area contributed by atoms with E-state index in [1.165, 1.54) is 0 Å². The predicted molar refractivity (Wildman–Crippen MR) is 92.2 cm³/mol. The van der Waals surface area contributed by atoms with Gasteiger partial charge in [0.1, 0.15) is 5.82 Å². The average molecular weight is 318 g/mol. The van der Waals surface area contributed by atoms with Crippen molar-refractivity contribution < 1.29 is 4.74 Å². The van der Waals surface area contributed by atoms with E-state index in [0.29, 0.717) is 12.0 Å². The third kappa shape index (κ3) is 3.45. The molecule has 1 N–H and O–H groups in total. The highest BCUT2D eigenvalue weighted by Crippen LogP contribution is 2.29. The first kappa shape index (κ1) is 16.1. The van der Waals surface area contributed by atoms with Crippen LogP contribution in [0.15, 0.2) is 22.2 Å². The summed E-state index contributed by atoms with van der Waals surface area (Å²) in [5.41, 5.74) is -0.208. The molecule has 7 nitrogen and oxygen atoms in total. The molecule has 2 aliphatic rings. The summed E-state index contributed by atoms with van der Waals surface area (Å²) in [6.45, 7) is 10.2. The Kier molecular flexibility index (Phi) is 4.50. The van der Waals surface area contributed by atoms with Crippen LogP contribution in [0.25, 0.3) is 0 Å². The summed E-state index contributed by atoms with van der Waals surface area (Å²) in [5, 5.41) is 7.39. The van der Waals surface area contributed by atoms with Gasteiger partial charge in [-0.3, -0.25) is 9.58 Å². The SMILES string of the molecule is CC(C1C=NC(Nc2ccnn2C)=NC1(C)C)N1CCOCC1. The van der Waals surface area contributed by atoms with Gasteiger partial charge in [-0.1, -0.05) is 0 Å². The van der Waals surface area contributed by atoms with Crippen molar-refractivity contribution in [2.75, 3.05) is 31.6 Å². The highest BCUT2D eigenvalue weighted by molar-refractivity contribution is 6.00. The van der Waals surface area contributed by atoms with Crippen LogP contribution in [0.4, 0.5) is 5.82 Å². The average Bonchev–Trinajstić information content (AvgIpc) is 2.92. The number of aromatic nitrogens is 2. The first-order valence-electron chi connectivity index (χ1n) is 8.18. The van der Waals surface area contributed by atoms with Crippen molar-refractivity contribution in [1.29, 1.82) is 0 Å². The molecule has 3 rings (SSSR count). The summed E-state index contributed by atoms with van der Waals surface area (Å²) in [6, 6.07) is 2.30. The van der Waals surface area contributed by atoms with Gasteiger partial charge in [0.2, 0.25) is 5.96 Å². The molecule has 0 radical (unpaired) electrons. The minimum Gasteiger partial charge on any atom is -0.379 e. The monoisotopic (exact) mass is 318 g/mol. The van der Waals surface area contributed by atoms with Crippen LogP contribution < -0.4 is 5.32 Å². The highest BCUT2D eigenvalue weighted by Gasteiger charge is 2.37. The van der Waals surface area contributed by atoms with Crippen LogP contribution in [0.2, 0.25) is 0 Å². The number of morpholine rings is 1. The Morgan fingerprint density at radius 1 is 1.35 bits per heavy atom. The van der Waals surface area contributed by atoms with Crippen LogP contribution in [-0.4, -0.2) is 64.7 Å². The van der Waals surface area contributed by atoms with Crippen LogP contribution in [0.3, 0.4) is 0 Å². The lowest BCUT2D eigenvalue weighted by atomic mass is 9.82. The first-order valence-corrected chi connectivity index (χ1v) is 8.18. The maximum Gasteiger partial charge on any atom is 0.223 e. The van der Waals surface area contributed by atoms with Gasteiger partial charge in [-0.15, -0.1) is 0 Å². The van der Waals surface area contributed by atoms with E-state index in [2.05, 4.69) is 41.1 Å². The Hall–Kier alpha value is -1.73. The molecule has 3 heterocycles. The number of nitrogens with one attached hydrogen (secondary N) is 1. The van der Waals surface area contributed by atoms with Crippen LogP contribution in [0, 0.1) is 5.92 Å². The fourth-order valence-corrected chi connectivity index (χ4v) is 3.31. The summed E-state index contributed by atoms with van der Waals surface area (Å²) >= 11 is 0. The topological polar surface area (TPSA) is 67.0 Å². The molecule has 2 unspecified atom stereocenters. The second kappa shape index (κ2) is 6.41. The molecular formula is C16H26N6O. The fourth-order valence-electron chi connectivity index (χ4n) is 3.31. The lowest BCUT2D eigenvalue weighted by Gasteiger charge is -2.41. The van der Waals surface area contributed by atoms with E-state index < -0.39 is 0 Å². The van der Waals surface area contributed by atoms with E-state index in [1.54, 1.807) is 10.9 Å². The molecule has 126 valence electrons. The van der Waals surface area contributed by atoms with Crippen molar-refractivity contribution in [3.63, 3.8) is 0 Å². The quantitative estimate of drug-likeness (QED) is 0.914. The maximum atomic E-state index is 5.46. The van der Waals surface area contributed by atoms with Crippen molar-refractivity contribution >= 4 is 18.0 Å². The number of aliphatic imine (C=N–C) groups is 2. The second-order valence-corrected chi connectivity index (χ2v) is 6.75. The van der Waals surface area contributed by atoms with Gasteiger partial charge in [-0.25, -0.2) is 9.98 Å². The van der Waals surface area contributed by atoms with Gasteiger partial charge in [0, 0.05) is 44.4 Å². The van der Waals surface area contributed by atoms with Crippen molar-refractivity contribution in [3.05, 3.63) is 12.3 Å². The molecule has 0 spiro atoms. The Balaban J connectivity index is 1.71. The van der Waals surface area contributed by atoms with Crippen LogP contribution >= 0.6 is 0 Å². The number of anilines is 1. The molecule has 0 amide bonds. The van der Waals surface area contributed by atoms with E-state index in [-0.39, 0.29) is 11.5 Å². The highest BCUT2D eigenvalue weighted by atomic mass is 16.5. The van der Waals surface area contributed by atoms with Gasteiger partial charge >= 0.3 is 0 Å². The molecule has 0 aromatic carbocycles. The Bertz CT molecular complexity index is 599. The number of hydrogen-bond donors (Lipinski definition) is 1. The van der Waals surface area contributed by atoms with Crippen molar-refractivity contribution in [1.82, 2.24) is 14.7 Å². The minimum absolute atomic E-state index is 0.208. The summed E-state index contributed by atoms with van der Waals surface area (Å²) in [6.07, 6.45) is 3.80. The molecule has 7 heteroatoms. The Morgan fingerprint density at radius 2 is 2.09 bits per heavy atom. The van der Waals surface area contributed by atoms with Gasteiger partial charge in [0.15, 0.2) is 0 Å². The number of nitrogens with zero attached hydrogens (tertiary/aromatic N) is 5. The first-order chi connectivity index (χ1) is 11.0. The van der Waals surface area contributed by atoms with E-state index in [4.69, 9.17) is 9.73 Å². The van der Waals surface area contributed by atoms with Crippen LogP contribution in [-0.2, 0) is 11.8 Å². The van der Waals surface area contributed by atoms with Gasteiger partial charge in [-0.05, 0) is 20.8 Å². The maximum absolute atomic E-state index is 5.46. The van der Waals surface area contributed by atoms with Gasteiger partial charge in [0.05, 0.1) is 24.9 Å². The molecule has 2 aliphatic heterocycles. The molecule has 0 saturated carbocycles. The van der Waals surface area contributed by atoms with Gasteiger partial charge in [0.25, 0.3) is 0 Å². The van der Waals surface area contributed by atoms with E-state index in [9.17, 15) is 0 Å². The molecule has 1 saturated heterocycles. The smallest absolute Gasteiger partial charge is 0.223 e. The number of aryl methyl sites for hydroxylation is 1. The normalized spacial score (nSPS) is 25.9. The molecule has 1 fully saturated rings. The second-order valence-electron chi connectivity index (χ2n) is 6.75. The summed E-state index contributed by atoms with van der Waals surface area (Å²) in [4.78, 5) is 11.9. The lowest BCUT2D eigenvalue weighted by molar-refractivity contribution is 0.00847. The van der Waals surface area contributed by atoms with Crippen LogP contribution in [0.5, 0.6) is 0 Å². The third-order valence-electron chi connectivity index (χ3n) is 4.77. The van der Waals surface area contributed by atoms with E-state index in [1.807, 2.05) is 19.3 Å². The zero-order chi connectivity index (χ0) is 16.4. The molecule has 2 atom stereocenters. The number of hydrogen-bond acceptors (Lipinski definition) is 6. The fraction of sp³-hybridized carbons (Fsp3) is 0.688. The van der Waals surface area contributed by atoms with Crippen molar-refractivity contribution in [2.24, 2.45) is 23.0 Å². The number of guanidine groups is 1. The Labute approximate surface area is 137 Å². The van der Waals surface area contributed by atoms with E-state index in [0.717, 1.165) is 32.1 Å². The van der Waals surface area contributed by atoms with E-state index >= 15 is 0 Å². The summed E-state index contributed by atoms with van der Waals surface area (Å²) in [7, 11) is 1.89. The van der Waals surface area contributed by atoms with Crippen molar-refractivity contribution in [2.45, 2.75) is 32.4 Å². The Morgan fingerprint density at radius 3 is 2.70 bits per heavy atom. The largest absolute Gasteiger partial charge is 0.379 e. The van der Waals surface area contributed by atoms with Gasteiger partial charge < -0.3 is 10.1 Å². The zero-order valence-electron chi connectivity index (χ0n) is 14.4. The van der Waals surface area contributed by atoms with Crippen LogP contribution in [0.1, 0.15) is 20.8 Å². The molecule has 0 aliphatic carbocycles. The standard InChI is InChI=1S/C16H26N6O/c1-12(22-7-9-23-10-8-22)13-11-17-15(20-16(13,2)3)19-14-5-6-18-21(14)4/h5-6,11-13H,7-10H2,1-4H3,(H,19,20). The zero-order valence-corrected chi connectivity index (χ0v) is 14.4. The molecule has 1 aromatic heterocycles. The number of rotatable bonds is 3. The predicted octanol–water partition coefficient (Wildman–Crippen LogP) is 1.39. The summed E-state index contributed by atoms with van der Waals surface area (Å²) < 4.78 is 7.23. The third-order valence-corrected chi connectivity index (χ3v) is 4.77. The summed E-state index contributed by atoms with van der Waals surface area (Å²) in [5.74, 6) is 1.80. The van der Waals surface area contributed by atoms with Gasteiger partial charge in [-0.2, -0.15) is 5.10 Å². The number of ether oxygens (including phenoxy) is 1. The molecule has 0 bridgehead atoms. The lowest BCUT2D eigenvalue weighted by Crippen LogP contribution is -2.52.